The first kappa shape index (κ1) is 21.5. The van der Waals surface area contributed by atoms with Crippen molar-refractivity contribution >= 4 is 5.91 Å². The number of aryl methyl sites for hydroxylation is 1. The number of benzene rings is 2. The summed E-state index contributed by atoms with van der Waals surface area (Å²) in [5.41, 5.74) is 4.33. The summed E-state index contributed by atoms with van der Waals surface area (Å²) in [5, 5.41) is 0. The number of nitrogens with zero attached hydrogens (tertiary/aromatic N) is 3. The second-order valence-electron chi connectivity index (χ2n) is 7.63. The highest BCUT2D eigenvalue weighted by Crippen LogP contribution is 2.20. The first-order chi connectivity index (χ1) is 14.6. The molecule has 156 valence electrons. The third-order valence-electron chi connectivity index (χ3n) is 4.94. The normalized spacial score (nSPS) is 10.8. The number of aromatic nitrogens is 2. The van der Waals surface area contributed by atoms with Crippen LogP contribution in [0.15, 0.2) is 67.3 Å². The molecule has 0 unspecified atom stereocenters. The lowest BCUT2D eigenvalue weighted by molar-refractivity contribution is -0.135. The van der Waals surface area contributed by atoms with Crippen molar-refractivity contribution in [3.05, 3.63) is 78.4 Å². The van der Waals surface area contributed by atoms with Crippen LogP contribution in [0.2, 0.25) is 0 Å². The van der Waals surface area contributed by atoms with Crippen LogP contribution in [0, 0.1) is 0 Å². The number of carbonyl (C=O) groups excluding carboxylic acids is 1. The Kier molecular flexibility index (Phi) is 7.55. The van der Waals surface area contributed by atoms with E-state index in [1.54, 1.807) is 12.4 Å². The fourth-order valence-electron chi connectivity index (χ4n) is 3.32. The van der Waals surface area contributed by atoms with E-state index in [0.717, 1.165) is 35.3 Å². The Morgan fingerprint density at radius 2 is 1.73 bits per heavy atom. The Labute approximate surface area is 178 Å². The maximum atomic E-state index is 12.9. The van der Waals surface area contributed by atoms with Crippen molar-refractivity contribution in [2.45, 2.75) is 46.2 Å². The number of hydrogen-bond donors (Lipinski definition) is 0. The largest absolute Gasteiger partial charge is 0.484 e. The van der Waals surface area contributed by atoms with Gasteiger partial charge in [-0.15, -0.1) is 0 Å². The first-order valence-corrected chi connectivity index (χ1v) is 10.4. The summed E-state index contributed by atoms with van der Waals surface area (Å²) >= 11 is 0. The molecular weight excluding hydrogens is 374 g/mol. The highest BCUT2D eigenvalue weighted by atomic mass is 16.5. The summed E-state index contributed by atoms with van der Waals surface area (Å²) in [4.78, 5) is 22.9. The standard InChI is InChI=1S/C25H29N3O2/c1-4-6-20-9-11-24(12-10-20)30-17-25(29)28(19(2)3)16-21-7-5-8-22(13-21)23-14-26-18-27-15-23/h5,7-15,18-19H,4,6,16-17H2,1-3H3. The first-order valence-electron chi connectivity index (χ1n) is 10.4. The van der Waals surface area contributed by atoms with Gasteiger partial charge in [-0.05, 0) is 55.2 Å². The van der Waals surface area contributed by atoms with Crippen molar-refractivity contribution in [2.24, 2.45) is 0 Å². The summed E-state index contributed by atoms with van der Waals surface area (Å²) < 4.78 is 5.76. The quantitative estimate of drug-likeness (QED) is 0.509. The van der Waals surface area contributed by atoms with Gasteiger partial charge in [0.1, 0.15) is 12.1 Å². The van der Waals surface area contributed by atoms with Crippen LogP contribution in [-0.2, 0) is 17.8 Å². The molecule has 0 aliphatic carbocycles. The maximum Gasteiger partial charge on any atom is 0.261 e. The molecule has 0 spiro atoms. The summed E-state index contributed by atoms with van der Waals surface area (Å²) in [6.45, 7) is 6.75. The molecule has 0 fully saturated rings. The number of rotatable bonds is 9. The molecule has 0 radical (unpaired) electrons. The van der Waals surface area contributed by atoms with Gasteiger partial charge in [-0.25, -0.2) is 9.97 Å². The molecule has 1 heterocycles. The Bertz CT molecular complexity index is 940. The fourth-order valence-corrected chi connectivity index (χ4v) is 3.32. The van der Waals surface area contributed by atoms with Crippen molar-refractivity contribution in [1.82, 2.24) is 14.9 Å². The third-order valence-corrected chi connectivity index (χ3v) is 4.94. The lowest BCUT2D eigenvalue weighted by atomic mass is 10.1. The van der Waals surface area contributed by atoms with E-state index in [-0.39, 0.29) is 18.6 Å². The van der Waals surface area contributed by atoms with Gasteiger partial charge in [-0.1, -0.05) is 43.7 Å². The Morgan fingerprint density at radius 1 is 1.00 bits per heavy atom. The van der Waals surface area contributed by atoms with Gasteiger partial charge in [0, 0.05) is 30.5 Å². The molecule has 2 aromatic carbocycles. The molecule has 1 amide bonds. The predicted octanol–water partition coefficient (Wildman–Crippen LogP) is 4.91. The highest BCUT2D eigenvalue weighted by Gasteiger charge is 2.18. The molecule has 0 aliphatic heterocycles. The molecule has 30 heavy (non-hydrogen) atoms. The van der Waals surface area contributed by atoms with E-state index < -0.39 is 0 Å². The SMILES string of the molecule is CCCc1ccc(OCC(=O)N(Cc2cccc(-c3cncnc3)c2)C(C)C)cc1. The van der Waals surface area contributed by atoms with Gasteiger partial charge >= 0.3 is 0 Å². The van der Waals surface area contributed by atoms with Crippen LogP contribution in [0.5, 0.6) is 5.75 Å². The Hall–Kier alpha value is -3.21. The molecule has 0 aliphatic rings. The van der Waals surface area contributed by atoms with Crippen LogP contribution in [0.3, 0.4) is 0 Å². The lowest BCUT2D eigenvalue weighted by Crippen LogP contribution is -2.39. The van der Waals surface area contributed by atoms with E-state index >= 15 is 0 Å². The van der Waals surface area contributed by atoms with Crippen molar-refractivity contribution in [3.63, 3.8) is 0 Å². The number of ether oxygens (including phenoxy) is 1. The van der Waals surface area contributed by atoms with Crippen molar-refractivity contribution in [1.29, 1.82) is 0 Å². The molecule has 0 bridgehead atoms. The Morgan fingerprint density at radius 3 is 2.40 bits per heavy atom. The van der Waals surface area contributed by atoms with E-state index in [4.69, 9.17) is 4.74 Å². The number of carbonyl (C=O) groups is 1. The average Bonchev–Trinajstić information content (AvgIpc) is 2.77. The van der Waals surface area contributed by atoms with Crippen molar-refractivity contribution in [2.75, 3.05) is 6.61 Å². The van der Waals surface area contributed by atoms with Crippen LogP contribution in [-0.4, -0.2) is 33.4 Å². The van der Waals surface area contributed by atoms with Gasteiger partial charge in [0.15, 0.2) is 6.61 Å². The van der Waals surface area contributed by atoms with Gasteiger partial charge in [0.25, 0.3) is 5.91 Å². The van der Waals surface area contributed by atoms with Crippen LogP contribution in [0.25, 0.3) is 11.1 Å². The van der Waals surface area contributed by atoms with Gasteiger partial charge in [-0.2, -0.15) is 0 Å². The van der Waals surface area contributed by atoms with Crippen molar-refractivity contribution < 1.29 is 9.53 Å². The second-order valence-corrected chi connectivity index (χ2v) is 7.63. The minimum atomic E-state index is -0.0314. The minimum Gasteiger partial charge on any atom is -0.484 e. The zero-order chi connectivity index (χ0) is 21.3. The van der Waals surface area contributed by atoms with Gasteiger partial charge < -0.3 is 9.64 Å². The highest BCUT2D eigenvalue weighted by molar-refractivity contribution is 5.78. The van der Waals surface area contributed by atoms with E-state index in [9.17, 15) is 4.79 Å². The molecule has 1 aromatic heterocycles. The molecule has 5 nitrogen and oxygen atoms in total. The van der Waals surface area contributed by atoms with Gasteiger partial charge in [0.05, 0.1) is 0 Å². The molecule has 0 N–H and O–H groups in total. The number of hydrogen-bond acceptors (Lipinski definition) is 4. The summed E-state index contributed by atoms with van der Waals surface area (Å²) in [5.74, 6) is 0.689. The molecule has 0 saturated heterocycles. The van der Waals surface area contributed by atoms with Crippen LogP contribution < -0.4 is 4.74 Å². The fraction of sp³-hybridized carbons (Fsp3) is 0.320. The second kappa shape index (κ2) is 10.5. The molecule has 3 rings (SSSR count). The molecular formula is C25H29N3O2. The van der Waals surface area contributed by atoms with Crippen LogP contribution in [0.1, 0.15) is 38.3 Å². The molecule has 3 aromatic rings. The maximum absolute atomic E-state index is 12.9. The topological polar surface area (TPSA) is 55.3 Å². The van der Waals surface area contributed by atoms with Gasteiger partial charge in [-0.3, -0.25) is 4.79 Å². The summed E-state index contributed by atoms with van der Waals surface area (Å²) in [7, 11) is 0. The molecule has 5 heteroatoms. The average molecular weight is 404 g/mol. The monoisotopic (exact) mass is 403 g/mol. The summed E-state index contributed by atoms with van der Waals surface area (Å²) in [6.07, 6.45) is 7.26. The van der Waals surface area contributed by atoms with Crippen LogP contribution >= 0.6 is 0 Å². The van der Waals surface area contributed by atoms with Crippen LogP contribution in [0.4, 0.5) is 0 Å². The van der Waals surface area contributed by atoms with Crippen molar-refractivity contribution in [3.8, 4) is 16.9 Å². The smallest absolute Gasteiger partial charge is 0.261 e. The van der Waals surface area contributed by atoms with E-state index in [2.05, 4.69) is 35.1 Å². The predicted molar refractivity (Wildman–Crippen MR) is 119 cm³/mol. The Balaban J connectivity index is 1.65. The summed E-state index contributed by atoms with van der Waals surface area (Å²) in [6, 6.07) is 16.2. The zero-order valence-electron chi connectivity index (χ0n) is 17.9. The zero-order valence-corrected chi connectivity index (χ0v) is 17.9. The van der Waals surface area contributed by atoms with Gasteiger partial charge in [0.2, 0.25) is 0 Å². The molecule has 0 atom stereocenters. The molecule has 0 saturated carbocycles. The van der Waals surface area contributed by atoms with E-state index in [1.165, 1.54) is 11.9 Å². The van der Waals surface area contributed by atoms with E-state index in [0.29, 0.717) is 6.54 Å². The third kappa shape index (κ3) is 5.89. The minimum absolute atomic E-state index is 0.0253. The lowest BCUT2D eigenvalue weighted by Gasteiger charge is -2.27. The number of amides is 1. The van der Waals surface area contributed by atoms with E-state index in [1.807, 2.05) is 49.1 Å².